The summed E-state index contributed by atoms with van der Waals surface area (Å²) >= 11 is 0. The minimum Gasteiger partial charge on any atom is -0.355 e. The van der Waals surface area contributed by atoms with Gasteiger partial charge in [-0.05, 0) is 33.7 Å². The van der Waals surface area contributed by atoms with E-state index in [0.717, 1.165) is 5.69 Å². The van der Waals surface area contributed by atoms with Crippen LogP contribution in [0.1, 0.15) is 0 Å². The average molecular weight is 390 g/mol. The molecular weight excluding hydrogens is 380 g/mol. The largest absolute Gasteiger partial charge is 0.355 e. The van der Waals surface area contributed by atoms with Crippen LogP contribution in [0, 0.1) is 20.2 Å². The molecule has 0 saturated carbocycles. The first-order chi connectivity index (χ1) is 12.5. The van der Waals surface area contributed by atoms with Crippen LogP contribution >= 0.6 is 21.6 Å². The second kappa shape index (κ2) is 6.38. The van der Waals surface area contributed by atoms with E-state index in [1.807, 2.05) is 0 Å². The van der Waals surface area contributed by atoms with Crippen molar-refractivity contribution in [3.8, 4) is 0 Å². The first kappa shape index (κ1) is 16.5. The van der Waals surface area contributed by atoms with Crippen LogP contribution in [-0.2, 0) is 0 Å². The number of nitro groups is 2. The number of H-pyrrole nitrogens is 1. The number of nitrogens with zero attached hydrogens (tertiary/aromatic N) is 3. The van der Waals surface area contributed by atoms with Gasteiger partial charge in [-0.25, -0.2) is 4.98 Å². The van der Waals surface area contributed by atoms with E-state index in [1.165, 1.54) is 45.9 Å². The van der Waals surface area contributed by atoms with E-state index in [2.05, 4.69) is 20.6 Å². The fourth-order valence-corrected chi connectivity index (χ4v) is 4.39. The van der Waals surface area contributed by atoms with Crippen molar-refractivity contribution in [1.82, 2.24) is 9.97 Å². The summed E-state index contributed by atoms with van der Waals surface area (Å²) in [6.45, 7) is 0. The van der Waals surface area contributed by atoms with Crippen LogP contribution in [0.25, 0.3) is 11.0 Å². The average Bonchev–Trinajstić information content (AvgIpc) is 3.21. The summed E-state index contributed by atoms with van der Waals surface area (Å²) in [5.41, 5.74) is 2.52. The fourth-order valence-electron chi connectivity index (χ4n) is 2.48. The van der Waals surface area contributed by atoms with Gasteiger partial charge in [0.25, 0.3) is 11.4 Å². The Kier molecular flexibility index (Phi) is 4.05. The van der Waals surface area contributed by atoms with E-state index < -0.39 is 9.85 Å². The number of fused-ring (bicyclic) bond motifs is 2. The van der Waals surface area contributed by atoms with Gasteiger partial charge in [0.2, 0.25) is 0 Å². The van der Waals surface area contributed by atoms with Crippen molar-refractivity contribution in [3.63, 3.8) is 0 Å². The molecule has 3 aromatic rings. The number of hydrogen-bond donors (Lipinski definition) is 3. The Hall–Kier alpha value is -2.99. The monoisotopic (exact) mass is 390 g/mol. The van der Waals surface area contributed by atoms with E-state index in [4.69, 9.17) is 0 Å². The van der Waals surface area contributed by atoms with Crippen LogP contribution in [-0.4, -0.2) is 25.3 Å². The summed E-state index contributed by atoms with van der Waals surface area (Å²) < 4.78 is 0. The van der Waals surface area contributed by atoms with Gasteiger partial charge in [-0.15, -0.1) is 0 Å². The second-order valence-corrected chi connectivity index (χ2v) is 7.63. The molecule has 1 aliphatic heterocycles. The topological polar surface area (TPSA) is 139 Å². The minimum atomic E-state index is -0.454. The molecule has 0 amide bonds. The molecule has 0 saturated heterocycles. The van der Waals surface area contributed by atoms with E-state index >= 15 is 0 Å². The molecule has 1 aromatic heterocycles. The molecule has 132 valence electrons. The lowest BCUT2D eigenvalue weighted by Crippen LogP contribution is -2.15. The standard InChI is InChI=1S/C14H10N6O4S2/c21-19(22)7-1-3-9-11(5-7)17-13(15-9)25-26-14-16-10-4-2-8(20(23)24)6-12(10)18-14/h1-6,13,15,17H,(H,16,18). The van der Waals surface area contributed by atoms with Gasteiger partial charge >= 0.3 is 0 Å². The van der Waals surface area contributed by atoms with Crippen molar-refractivity contribution in [2.75, 3.05) is 10.6 Å². The van der Waals surface area contributed by atoms with Crippen molar-refractivity contribution in [1.29, 1.82) is 0 Å². The van der Waals surface area contributed by atoms with Gasteiger partial charge in [0, 0.05) is 24.3 Å². The molecule has 4 rings (SSSR count). The van der Waals surface area contributed by atoms with E-state index in [9.17, 15) is 20.2 Å². The van der Waals surface area contributed by atoms with Crippen molar-refractivity contribution >= 4 is 55.4 Å². The Labute approximate surface area is 153 Å². The third kappa shape index (κ3) is 3.11. The Morgan fingerprint density at radius 1 is 0.962 bits per heavy atom. The second-order valence-electron chi connectivity index (χ2n) is 5.34. The van der Waals surface area contributed by atoms with Crippen molar-refractivity contribution < 1.29 is 9.85 Å². The van der Waals surface area contributed by atoms with Crippen LogP contribution in [0.3, 0.4) is 0 Å². The Morgan fingerprint density at radius 2 is 1.65 bits per heavy atom. The molecule has 1 atom stereocenters. The molecular formula is C14H10N6O4S2. The Morgan fingerprint density at radius 3 is 2.42 bits per heavy atom. The van der Waals surface area contributed by atoms with Crippen LogP contribution in [0.15, 0.2) is 41.6 Å². The highest BCUT2D eigenvalue weighted by atomic mass is 33.1. The third-order valence-corrected chi connectivity index (χ3v) is 5.88. The number of nitro benzene ring substituents is 2. The van der Waals surface area contributed by atoms with Crippen molar-refractivity contribution in [2.24, 2.45) is 0 Å². The summed E-state index contributed by atoms with van der Waals surface area (Å²) in [6.07, 6.45) is 0. The Balaban J connectivity index is 1.44. The number of aromatic nitrogens is 2. The number of benzene rings is 2. The number of aromatic amines is 1. The summed E-state index contributed by atoms with van der Waals surface area (Å²) in [5.74, 6) is 0. The lowest BCUT2D eigenvalue weighted by atomic mass is 10.2. The number of nitrogens with one attached hydrogen (secondary N) is 3. The van der Waals surface area contributed by atoms with Crippen molar-refractivity contribution in [3.05, 3.63) is 56.6 Å². The van der Waals surface area contributed by atoms with Gasteiger partial charge in [0.05, 0.1) is 32.3 Å². The molecule has 1 unspecified atom stereocenters. The molecule has 3 N–H and O–H groups in total. The zero-order valence-electron chi connectivity index (χ0n) is 12.8. The number of imidazole rings is 1. The number of non-ortho nitro benzene ring substituents is 2. The molecule has 1 aliphatic rings. The van der Waals surface area contributed by atoms with Crippen LogP contribution in [0.2, 0.25) is 0 Å². The highest BCUT2D eigenvalue weighted by Crippen LogP contribution is 2.41. The summed E-state index contributed by atoms with van der Waals surface area (Å²) in [7, 11) is 2.79. The van der Waals surface area contributed by atoms with Gasteiger partial charge in [0.15, 0.2) is 10.7 Å². The molecule has 0 spiro atoms. The van der Waals surface area contributed by atoms with Gasteiger partial charge in [-0.3, -0.25) is 20.2 Å². The van der Waals surface area contributed by atoms with E-state index in [0.29, 0.717) is 21.9 Å². The van der Waals surface area contributed by atoms with Gasteiger partial charge in [0.1, 0.15) is 0 Å². The maximum Gasteiger partial charge on any atom is 0.271 e. The zero-order valence-corrected chi connectivity index (χ0v) is 14.5. The quantitative estimate of drug-likeness (QED) is 0.336. The molecule has 2 aromatic carbocycles. The first-order valence-corrected chi connectivity index (χ1v) is 9.50. The molecule has 0 radical (unpaired) electrons. The van der Waals surface area contributed by atoms with Crippen LogP contribution in [0.5, 0.6) is 0 Å². The molecule has 0 fully saturated rings. The lowest BCUT2D eigenvalue weighted by Gasteiger charge is -2.09. The number of rotatable bonds is 5. The fraction of sp³-hybridized carbons (Fsp3) is 0.0714. The van der Waals surface area contributed by atoms with E-state index in [-0.39, 0.29) is 16.9 Å². The Bertz CT molecular complexity index is 1040. The smallest absolute Gasteiger partial charge is 0.271 e. The van der Waals surface area contributed by atoms with Gasteiger partial charge in [-0.2, -0.15) is 0 Å². The van der Waals surface area contributed by atoms with Gasteiger partial charge in [-0.1, -0.05) is 0 Å². The predicted octanol–water partition coefficient (Wildman–Crippen LogP) is 3.94. The van der Waals surface area contributed by atoms with Crippen molar-refractivity contribution in [2.45, 2.75) is 10.7 Å². The summed E-state index contributed by atoms with van der Waals surface area (Å²) in [6, 6.07) is 9.03. The lowest BCUT2D eigenvalue weighted by molar-refractivity contribution is -0.384. The molecule has 0 bridgehead atoms. The van der Waals surface area contributed by atoms with Crippen LogP contribution < -0.4 is 10.6 Å². The number of anilines is 2. The normalized spacial score (nSPS) is 15.3. The highest BCUT2D eigenvalue weighted by Gasteiger charge is 2.23. The predicted molar refractivity (Wildman–Crippen MR) is 100 cm³/mol. The molecule has 0 aliphatic carbocycles. The van der Waals surface area contributed by atoms with Gasteiger partial charge < -0.3 is 15.6 Å². The molecule has 10 nitrogen and oxygen atoms in total. The summed E-state index contributed by atoms with van der Waals surface area (Å²) in [5, 5.41) is 28.6. The molecule has 12 heteroatoms. The first-order valence-electron chi connectivity index (χ1n) is 7.28. The maximum atomic E-state index is 10.8. The van der Waals surface area contributed by atoms with E-state index in [1.54, 1.807) is 12.1 Å². The third-order valence-electron chi connectivity index (χ3n) is 3.66. The maximum absolute atomic E-state index is 10.8. The van der Waals surface area contributed by atoms with Crippen LogP contribution in [0.4, 0.5) is 22.7 Å². The molecule has 26 heavy (non-hydrogen) atoms. The summed E-state index contributed by atoms with van der Waals surface area (Å²) in [4.78, 5) is 28.2. The highest BCUT2D eigenvalue weighted by molar-refractivity contribution is 8.76. The number of hydrogen-bond acceptors (Lipinski definition) is 9. The SMILES string of the molecule is O=[N+]([O-])c1ccc2c(c1)NC(SSc1nc3ccc([N+](=O)[O-])cc3[nH]1)N2. The molecule has 2 heterocycles. The minimum absolute atomic E-state index is 0.00141. The zero-order chi connectivity index (χ0) is 18.3.